The third-order valence-electron chi connectivity index (χ3n) is 3.77. The van der Waals surface area contributed by atoms with Crippen molar-refractivity contribution in [1.29, 1.82) is 0 Å². The fourth-order valence-corrected chi connectivity index (χ4v) is 3.17. The van der Waals surface area contributed by atoms with Crippen LogP contribution in [-0.2, 0) is 0 Å². The third kappa shape index (κ3) is 4.27. The van der Waals surface area contributed by atoms with Gasteiger partial charge in [-0.3, -0.25) is 0 Å². The van der Waals surface area contributed by atoms with E-state index in [1.54, 1.807) is 0 Å². The second kappa shape index (κ2) is 5.74. The molecule has 16 heavy (non-hydrogen) atoms. The molecule has 1 N–H and O–H groups in total. The van der Waals surface area contributed by atoms with Gasteiger partial charge in [0.1, 0.15) is 0 Å². The highest BCUT2D eigenvalue weighted by atomic mass is 32.2. The molecule has 0 spiro atoms. The van der Waals surface area contributed by atoms with Crippen LogP contribution in [0, 0.1) is 5.41 Å². The van der Waals surface area contributed by atoms with E-state index < -0.39 is 0 Å². The van der Waals surface area contributed by atoms with Gasteiger partial charge in [0.25, 0.3) is 0 Å². The van der Waals surface area contributed by atoms with Gasteiger partial charge in [-0.2, -0.15) is 11.8 Å². The van der Waals surface area contributed by atoms with E-state index in [9.17, 15) is 5.11 Å². The average molecular weight is 245 g/mol. The van der Waals surface area contributed by atoms with E-state index in [2.05, 4.69) is 44.4 Å². The Hall–Kier alpha value is 0.270. The molecule has 96 valence electrons. The summed E-state index contributed by atoms with van der Waals surface area (Å²) in [5.74, 6) is 1.22. The highest BCUT2D eigenvalue weighted by molar-refractivity contribution is 8.00. The van der Waals surface area contributed by atoms with Gasteiger partial charge in [-0.1, -0.05) is 27.7 Å². The molecule has 0 aromatic heterocycles. The summed E-state index contributed by atoms with van der Waals surface area (Å²) in [5.41, 5.74) is 0.0825. The molecule has 1 heterocycles. The second-order valence-electron chi connectivity index (χ2n) is 5.96. The Bertz CT molecular complexity index is 214. The third-order valence-corrected chi connectivity index (χ3v) is 5.14. The standard InChI is InChI=1S/C13H27NOS/c1-5-13(4,11-15)10-14-7-6-12(2,3)16-9-8-14/h15H,5-11H2,1-4H3. The molecule has 2 nitrogen and oxygen atoms in total. The van der Waals surface area contributed by atoms with Crippen molar-refractivity contribution in [3.05, 3.63) is 0 Å². The van der Waals surface area contributed by atoms with Crippen LogP contribution in [0.4, 0.5) is 0 Å². The van der Waals surface area contributed by atoms with Crippen LogP contribution in [0.2, 0.25) is 0 Å². The maximum atomic E-state index is 9.46. The number of thioether (sulfide) groups is 1. The molecule has 1 aliphatic heterocycles. The zero-order chi connectivity index (χ0) is 12.2. The monoisotopic (exact) mass is 245 g/mol. The van der Waals surface area contributed by atoms with E-state index in [0.717, 1.165) is 13.0 Å². The maximum absolute atomic E-state index is 9.46. The Labute approximate surface area is 105 Å². The average Bonchev–Trinajstić information content (AvgIpc) is 2.40. The summed E-state index contributed by atoms with van der Waals surface area (Å²) < 4.78 is 0.427. The summed E-state index contributed by atoms with van der Waals surface area (Å²) in [6.07, 6.45) is 2.30. The molecular weight excluding hydrogens is 218 g/mol. The summed E-state index contributed by atoms with van der Waals surface area (Å²) in [6, 6.07) is 0. The van der Waals surface area contributed by atoms with Crippen molar-refractivity contribution in [2.75, 3.05) is 32.0 Å². The van der Waals surface area contributed by atoms with Gasteiger partial charge in [-0.15, -0.1) is 0 Å². The molecule has 1 fully saturated rings. The number of hydrogen-bond donors (Lipinski definition) is 1. The molecular formula is C13H27NOS. The van der Waals surface area contributed by atoms with Crippen LogP contribution >= 0.6 is 11.8 Å². The number of aliphatic hydroxyl groups excluding tert-OH is 1. The predicted molar refractivity (Wildman–Crippen MR) is 73.1 cm³/mol. The Kier molecular flexibility index (Phi) is 5.14. The Morgan fingerprint density at radius 2 is 2.06 bits per heavy atom. The minimum atomic E-state index is 0.0825. The van der Waals surface area contributed by atoms with Crippen LogP contribution < -0.4 is 0 Å². The number of hydrogen-bond acceptors (Lipinski definition) is 3. The lowest BCUT2D eigenvalue weighted by atomic mass is 9.88. The largest absolute Gasteiger partial charge is 0.396 e. The lowest BCUT2D eigenvalue weighted by Crippen LogP contribution is -2.39. The lowest BCUT2D eigenvalue weighted by Gasteiger charge is -2.33. The molecule has 0 radical (unpaired) electrons. The van der Waals surface area contributed by atoms with Crippen LogP contribution in [0.1, 0.15) is 40.5 Å². The Morgan fingerprint density at radius 1 is 1.38 bits per heavy atom. The molecule has 1 unspecified atom stereocenters. The summed E-state index contributed by atoms with van der Waals surface area (Å²) in [5, 5.41) is 9.46. The van der Waals surface area contributed by atoms with E-state index >= 15 is 0 Å². The van der Waals surface area contributed by atoms with Crippen LogP contribution in [-0.4, -0.2) is 46.7 Å². The van der Waals surface area contributed by atoms with Crippen LogP contribution in [0.15, 0.2) is 0 Å². The van der Waals surface area contributed by atoms with Crippen molar-refractivity contribution in [2.45, 2.75) is 45.3 Å². The Morgan fingerprint density at radius 3 is 2.62 bits per heavy atom. The quantitative estimate of drug-likeness (QED) is 0.823. The minimum Gasteiger partial charge on any atom is -0.396 e. The summed E-state index contributed by atoms with van der Waals surface area (Å²) in [7, 11) is 0. The van der Waals surface area contributed by atoms with E-state index in [1.165, 1.54) is 25.3 Å². The normalized spacial score (nSPS) is 26.1. The molecule has 1 saturated heterocycles. The molecule has 0 saturated carbocycles. The van der Waals surface area contributed by atoms with Crippen molar-refractivity contribution >= 4 is 11.8 Å². The zero-order valence-electron chi connectivity index (χ0n) is 11.3. The number of nitrogens with zero attached hydrogens (tertiary/aromatic N) is 1. The minimum absolute atomic E-state index is 0.0825. The summed E-state index contributed by atoms with van der Waals surface area (Å²) in [6.45, 7) is 12.7. The van der Waals surface area contributed by atoms with Crippen LogP contribution in [0.25, 0.3) is 0 Å². The zero-order valence-corrected chi connectivity index (χ0v) is 12.1. The first-order valence-corrected chi connectivity index (χ1v) is 7.36. The highest BCUT2D eigenvalue weighted by Gasteiger charge is 2.28. The van der Waals surface area contributed by atoms with Gasteiger partial charge in [-0.25, -0.2) is 0 Å². The smallest absolute Gasteiger partial charge is 0.0496 e. The first-order valence-electron chi connectivity index (χ1n) is 6.38. The van der Waals surface area contributed by atoms with E-state index in [1.807, 2.05) is 0 Å². The van der Waals surface area contributed by atoms with Gasteiger partial charge in [-0.05, 0) is 19.4 Å². The first-order chi connectivity index (χ1) is 7.41. The topological polar surface area (TPSA) is 23.5 Å². The summed E-state index contributed by atoms with van der Waals surface area (Å²) in [4.78, 5) is 2.53. The lowest BCUT2D eigenvalue weighted by molar-refractivity contribution is 0.0868. The van der Waals surface area contributed by atoms with Crippen molar-refractivity contribution in [3.63, 3.8) is 0 Å². The molecule has 1 rings (SSSR count). The predicted octanol–water partition coefficient (Wildman–Crippen LogP) is 2.61. The molecule has 1 atom stereocenters. The fourth-order valence-electron chi connectivity index (χ4n) is 2.03. The van der Waals surface area contributed by atoms with E-state index in [4.69, 9.17) is 0 Å². The molecule has 0 aromatic carbocycles. The second-order valence-corrected chi connectivity index (χ2v) is 7.76. The molecule has 3 heteroatoms. The van der Waals surface area contributed by atoms with E-state index in [0.29, 0.717) is 11.4 Å². The SMILES string of the molecule is CCC(C)(CO)CN1CCSC(C)(C)CC1. The summed E-state index contributed by atoms with van der Waals surface area (Å²) >= 11 is 2.08. The number of rotatable bonds is 4. The van der Waals surface area contributed by atoms with Crippen LogP contribution in [0.5, 0.6) is 0 Å². The first kappa shape index (κ1) is 14.3. The molecule has 0 amide bonds. The van der Waals surface area contributed by atoms with Gasteiger partial charge in [0, 0.05) is 35.6 Å². The fraction of sp³-hybridized carbons (Fsp3) is 1.00. The molecule has 0 aliphatic carbocycles. The molecule has 0 bridgehead atoms. The van der Waals surface area contributed by atoms with Gasteiger partial charge < -0.3 is 10.0 Å². The van der Waals surface area contributed by atoms with Crippen molar-refractivity contribution in [2.24, 2.45) is 5.41 Å². The highest BCUT2D eigenvalue weighted by Crippen LogP contribution is 2.32. The van der Waals surface area contributed by atoms with E-state index in [-0.39, 0.29) is 5.41 Å². The van der Waals surface area contributed by atoms with Crippen molar-refractivity contribution in [3.8, 4) is 0 Å². The maximum Gasteiger partial charge on any atom is 0.0496 e. The van der Waals surface area contributed by atoms with Crippen LogP contribution in [0.3, 0.4) is 0 Å². The Balaban J connectivity index is 2.49. The van der Waals surface area contributed by atoms with Crippen molar-refractivity contribution < 1.29 is 5.11 Å². The molecule has 1 aliphatic rings. The van der Waals surface area contributed by atoms with Gasteiger partial charge >= 0.3 is 0 Å². The molecule has 0 aromatic rings. The van der Waals surface area contributed by atoms with Gasteiger partial charge in [0.05, 0.1) is 0 Å². The van der Waals surface area contributed by atoms with Gasteiger partial charge in [0.2, 0.25) is 0 Å². The van der Waals surface area contributed by atoms with Gasteiger partial charge in [0.15, 0.2) is 0 Å². The van der Waals surface area contributed by atoms with Crippen molar-refractivity contribution in [1.82, 2.24) is 4.90 Å². The number of aliphatic hydroxyl groups is 1.